The van der Waals surface area contributed by atoms with Gasteiger partial charge in [0.25, 0.3) is 0 Å². The first kappa shape index (κ1) is 18.4. The molecule has 2 aromatic rings. The van der Waals surface area contributed by atoms with Crippen LogP contribution in [-0.2, 0) is 4.79 Å². The number of rotatable bonds is 9. The van der Waals surface area contributed by atoms with Gasteiger partial charge >= 0.3 is 0 Å². The zero-order valence-corrected chi connectivity index (χ0v) is 14.9. The van der Waals surface area contributed by atoms with Crippen LogP contribution in [0.15, 0.2) is 35.4 Å². The van der Waals surface area contributed by atoms with Crippen LogP contribution in [0, 0.1) is 0 Å². The van der Waals surface area contributed by atoms with Crippen molar-refractivity contribution < 1.29 is 4.79 Å². The Hall–Kier alpha value is -1.94. The molecule has 0 saturated carbocycles. The standard InChI is InChI=1S/C19H24ClN3O/c1-2-3-4-5-6-7-12-18(24)23-21-14-16-13-15-10-8-9-11-17(15)22-19(16)20/h8-11,13-14H,2-7,12H2,1H3,(H,23,24)/b21-14-. The predicted octanol–water partition coefficient (Wildman–Crippen LogP) is 5.09. The summed E-state index contributed by atoms with van der Waals surface area (Å²) >= 11 is 6.15. The molecule has 0 unspecified atom stereocenters. The number of benzene rings is 1. The van der Waals surface area contributed by atoms with E-state index in [1.807, 2.05) is 30.3 Å². The highest BCUT2D eigenvalue weighted by Gasteiger charge is 2.03. The number of hydrogen-bond acceptors (Lipinski definition) is 3. The van der Waals surface area contributed by atoms with Crippen LogP contribution in [0.4, 0.5) is 0 Å². The molecule has 0 bridgehead atoms. The molecule has 0 radical (unpaired) electrons. The van der Waals surface area contributed by atoms with Crippen molar-refractivity contribution in [2.24, 2.45) is 5.10 Å². The second-order valence-corrected chi connectivity index (χ2v) is 6.23. The van der Waals surface area contributed by atoms with E-state index >= 15 is 0 Å². The Morgan fingerprint density at radius 2 is 1.96 bits per heavy atom. The first-order valence-electron chi connectivity index (χ1n) is 8.58. The van der Waals surface area contributed by atoms with E-state index in [2.05, 4.69) is 22.4 Å². The Kier molecular flexibility index (Phi) is 7.69. The topological polar surface area (TPSA) is 54.4 Å². The minimum Gasteiger partial charge on any atom is -0.273 e. The van der Waals surface area contributed by atoms with Crippen LogP contribution in [0.25, 0.3) is 10.9 Å². The van der Waals surface area contributed by atoms with Crippen molar-refractivity contribution in [3.05, 3.63) is 41.0 Å². The molecule has 4 nitrogen and oxygen atoms in total. The zero-order chi connectivity index (χ0) is 17.2. The fourth-order valence-corrected chi connectivity index (χ4v) is 2.69. The highest BCUT2D eigenvalue weighted by Crippen LogP contribution is 2.18. The van der Waals surface area contributed by atoms with Gasteiger partial charge in [-0.25, -0.2) is 10.4 Å². The third kappa shape index (κ3) is 5.93. The van der Waals surface area contributed by atoms with Gasteiger partial charge in [-0.1, -0.05) is 68.8 Å². The number of hydrazone groups is 1. The van der Waals surface area contributed by atoms with E-state index in [0.717, 1.165) is 23.7 Å². The Morgan fingerprint density at radius 1 is 1.21 bits per heavy atom. The molecule has 0 atom stereocenters. The maximum atomic E-state index is 11.7. The van der Waals surface area contributed by atoms with Gasteiger partial charge in [-0.05, 0) is 18.6 Å². The summed E-state index contributed by atoms with van der Waals surface area (Å²) in [6.07, 6.45) is 9.01. The SMILES string of the molecule is CCCCCCCCC(=O)N/N=C\c1cc2ccccc2nc1Cl. The van der Waals surface area contributed by atoms with Gasteiger partial charge in [-0.2, -0.15) is 5.10 Å². The minimum absolute atomic E-state index is 0.0633. The van der Waals surface area contributed by atoms with Crippen molar-refractivity contribution in [3.63, 3.8) is 0 Å². The highest BCUT2D eigenvalue weighted by molar-refractivity contribution is 6.32. The monoisotopic (exact) mass is 345 g/mol. The van der Waals surface area contributed by atoms with Crippen LogP contribution in [0.5, 0.6) is 0 Å². The lowest BCUT2D eigenvalue weighted by Gasteiger charge is -2.02. The molecule has 1 N–H and O–H groups in total. The maximum Gasteiger partial charge on any atom is 0.240 e. The summed E-state index contributed by atoms with van der Waals surface area (Å²) < 4.78 is 0. The number of amides is 1. The van der Waals surface area contributed by atoms with Crippen LogP contribution in [0.3, 0.4) is 0 Å². The van der Waals surface area contributed by atoms with E-state index in [9.17, 15) is 4.79 Å². The molecule has 2 rings (SSSR count). The molecule has 1 amide bonds. The summed E-state index contributed by atoms with van der Waals surface area (Å²) in [4.78, 5) is 16.1. The molecule has 0 aliphatic rings. The zero-order valence-electron chi connectivity index (χ0n) is 14.1. The molecular weight excluding hydrogens is 322 g/mol. The van der Waals surface area contributed by atoms with Crippen molar-refractivity contribution in [2.75, 3.05) is 0 Å². The average Bonchev–Trinajstić information content (AvgIpc) is 2.58. The molecular formula is C19H24ClN3O. The predicted molar refractivity (Wildman–Crippen MR) is 100 cm³/mol. The highest BCUT2D eigenvalue weighted by atomic mass is 35.5. The largest absolute Gasteiger partial charge is 0.273 e. The number of hydrogen-bond donors (Lipinski definition) is 1. The van der Waals surface area contributed by atoms with Crippen LogP contribution < -0.4 is 5.43 Å². The molecule has 0 spiro atoms. The van der Waals surface area contributed by atoms with Gasteiger partial charge in [0.15, 0.2) is 0 Å². The van der Waals surface area contributed by atoms with Crippen LogP contribution >= 0.6 is 11.6 Å². The molecule has 128 valence electrons. The summed E-state index contributed by atoms with van der Waals surface area (Å²) in [6.45, 7) is 2.20. The number of para-hydroxylation sites is 1. The van der Waals surface area contributed by atoms with E-state index in [1.54, 1.807) is 6.21 Å². The molecule has 0 saturated heterocycles. The Morgan fingerprint density at radius 3 is 2.79 bits per heavy atom. The third-order valence-electron chi connectivity index (χ3n) is 3.85. The number of nitrogens with zero attached hydrogens (tertiary/aromatic N) is 2. The quantitative estimate of drug-likeness (QED) is 0.298. The van der Waals surface area contributed by atoms with E-state index in [0.29, 0.717) is 17.1 Å². The molecule has 1 aromatic carbocycles. The van der Waals surface area contributed by atoms with Gasteiger partial charge in [-0.15, -0.1) is 0 Å². The molecule has 0 aliphatic heterocycles. The van der Waals surface area contributed by atoms with Gasteiger partial charge in [0.2, 0.25) is 5.91 Å². The van der Waals surface area contributed by atoms with Gasteiger partial charge in [0.1, 0.15) is 5.15 Å². The Balaban J connectivity index is 1.79. The molecule has 0 fully saturated rings. The van der Waals surface area contributed by atoms with Crippen LogP contribution in [0.1, 0.15) is 57.4 Å². The summed E-state index contributed by atoms with van der Waals surface area (Å²) in [7, 11) is 0. The number of pyridine rings is 1. The lowest BCUT2D eigenvalue weighted by Crippen LogP contribution is -2.16. The number of fused-ring (bicyclic) bond motifs is 1. The van der Waals surface area contributed by atoms with Gasteiger partial charge < -0.3 is 0 Å². The molecule has 24 heavy (non-hydrogen) atoms. The normalized spacial score (nSPS) is 11.2. The third-order valence-corrected chi connectivity index (χ3v) is 4.16. The van der Waals surface area contributed by atoms with Gasteiger partial charge in [0, 0.05) is 17.4 Å². The summed E-state index contributed by atoms with van der Waals surface area (Å²) in [6, 6.07) is 9.65. The summed E-state index contributed by atoms with van der Waals surface area (Å²) in [5, 5.41) is 5.35. The average molecular weight is 346 g/mol. The first-order chi connectivity index (χ1) is 11.7. The second-order valence-electron chi connectivity index (χ2n) is 5.87. The number of carbonyl (C=O) groups is 1. The summed E-state index contributed by atoms with van der Waals surface area (Å²) in [5.74, 6) is -0.0633. The van der Waals surface area contributed by atoms with E-state index in [-0.39, 0.29) is 5.91 Å². The minimum atomic E-state index is -0.0633. The fraction of sp³-hybridized carbons (Fsp3) is 0.421. The number of unbranched alkanes of at least 4 members (excludes halogenated alkanes) is 5. The number of carbonyl (C=O) groups excluding carboxylic acids is 1. The smallest absolute Gasteiger partial charge is 0.240 e. The molecule has 1 heterocycles. The molecule has 5 heteroatoms. The lowest BCUT2D eigenvalue weighted by molar-refractivity contribution is -0.121. The first-order valence-corrected chi connectivity index (χ1v) is 8.95. The van der Waals surface area contributed by atoms with Crippen molar-refractivity contribution in [1.29, 1.82) is 0 Å². The van der Waals surface area contributed by atoms with Crippen molar-refractivity contribution in [1.82, 2.24) is 10.4 Å². The Labute approximate surface area is 148 Å². The second kappa shape index (κ2) is 10.0. The van der Waals surface area contributed by atoms with Crippen molar-refractivity contribution >= 4 is 34.6 Å². The van der Waals surface area contributed by atoms with Gasteiger partial charge in [-0.3, -0.25) is 4.79 Å². The number of nitrogens with one attached hydrogen (secondary N) is 1. The Bertz CT molecular complexity index is 700. The van der Waals surface area contributed by atoms with Crippen LogP contribution in [-0.4, -0.2) is 17.1 Å². The van der Waals surface area contributed by atoms with E-state index < -0.39 is 0 Å². The maximum absolute atomic E-state index is 11.7. The summed E-state index contributed by atoms with van der Waals surface area (Å²) in [5.41, 5.74) is 4.08. The number of halogens is 1. The molecule has 1 aromatic heterocycles. The number of aromatic nitrogens is 1. The van der Waals surface area contributed by atoms with Crippen molar-refractivity contribution in [3.8, 4) is 0 Å². The van der Waals surface area contributed by atoms with E-state index in [4.69, 9.17) is 11.6 Å². The van der Waals surface area contributed by atoms with Crippen LogP contribution in [0.2, 0.25) is 5.15 Å². The van der Waals surface area contributed by atoms with E-state index in [1.165, 1.54) is 25.7 Å². The van der Waals surface area contributed by atoms with Gasteiger partial charge in [0.05, 0.1) is 11.7 Å². The lowest BCUT2D eigenvalue weighted by atomic mass is 10.1. The van der Waals surface area contributed by atoms with Crippen molar-refractivity contribution in [2.45, 2.75) is 51.9 Å². The fourth-order valence-electron chi connectivity index (χ4n) is 2.49. The molecule has 0 aliphatic carbocycles.